The van der Waals surface area contributed by atoms with Crippen molar-refractivity contribution < 1.29 is 22.7 Å². The SMILES string of the molecule is COc1ccc(C(C)C)cc1S(=O)(=O)N(C)CC(=O)Nc1cccc(NC(C)=O)c1. The molecule has 0 unspecified atom stereocenters. The van der Waals surface area contributed by atoms with Gasteiger partial charge < -0.3 is 15.4 Å². The van der Waals surface area contributed by atoms with Crippen LogP contribution in [0.1, 0.15) is 32.3 Å². The molecular weight excluding hydrogens is 406 g/mol. The Hall–Kier alpha value is -2.91. The van der Waals surface area contributed by atoms with E-state index in [0.29, 0.717) is 11.4 Å². The molecule has 2 N–H and O–H groups in total. The second-order valence-electron chi connectivity index (χ2n) is 7.14. The monoisotopic (exact) mass is 433 g/mol. The Balaban J connectivity index is 2.18. The van der Waals surface area contributed by atoms with Crippen LogP contribution in [0.5, 0.6) is 5.75 Å². The number of benzene rings is 2. The van der Waals surface area contributed by atoms with Crippen LogP contribution in [0, 0.1) is 0 Å². The predicted octanol–water partition coefficient (Wildman–Crippen LogP) is 3.04. The average Bonchev–Trinajstić information content (AvgIpc) is 2.66. The summed E-state index contributed by atoms with van der Waals surface area (Å²) in [5, 5.41) is 5.26. The highest BCUT2D eigenvalue weighted by molar-refractivity contribution is 7.89. The lowest BCUT2D eigenvalue weighted by atomic mass is 10.0. The van der Waals surface area contributed by atoms with E-state index in [1.807, 2.05) is 19.9 Å². The molecule has 0 bridgehead atoms. The number of hydrogen-bond acceptors (Lipinski definition) is 5. The molecule has 9 heteroatoms. The van der Waals surface area contributed by atoms with Gasteiger partial charge in [0, 0.05) is 25.3 Å². The number of methoxy groups -OCH3 is 1. The van der Waals surface area contributed by atoms with Crippen molar-refractivity contribution >= 4 is 33.2 Å². The van der Waals surface area contributed by atoms with Gasteiger partial charge in [-0.2, -0.15) is 4.31 Å². The van der Waals surface area contributed by atoms with Gasteiger partial charge in [0.2, 0.25) is 21.8 Å². The van der Waals surface area contributed by atoms with Crippen LogP contribution in [-0.4, -0.2) is 45.2 Å². The van der Waals surface area contributed by atoms with E-state index >= 15 is 0 Å². The summed E-state index contributed by atoms with van der Waals surface area (Å²) in [5.74, 6) is -0.397. The van der Waals surface area contributed by atoms with Crippen molar-refractivity contribution in [3.8, 4) is 5.75 Å². The van der Waals surface area contributed by atoms with Gasteiger partial charge in [0.05, 0.1) is 13.7 Å². The second kappa shape index (κ2) is 9.73. The molecule has 0 fully saturated rings. The van der Waals surface area contributed by atoms with E-state index in [2.05, 4.69) is 10.6 Å². The van der Waals surface area contributed by atoms with Crippen LogP contribution in [0.2, 0.25) is 0 Å². The summed E-state index contributed by atoms with van der Waals surface area (Å²) in [6.07, 6.45) is 0. The van der Waals surface area contributed by atoms with E-state index in [-0.39, 0.29) is 29.0 Å². The normalized spacial score (nSPS) is 11.4. The fourth-order valence-corrected chi connectivity index (χ4v) is 4.10. The number of likely N-dealkylation sites (N-methyl/N-ethyl adjacent to an activating group) is 1. The molecule has 30 heavy (non-hydrogen) atoms. The molecule has 0 atom stereocenters. The van der Waals surface area contributed by atoms with E-state index in [9.17, 15) is 18.0 Å². The Morgan fingerprint density at radius 2 is 1.70 bits per heavy atom. The number of rotatable bonds is 8. The minimum atomic E-state index is -3.96. The maximum absolute atomic E-state index is 13.1. The number of nitrogens with one attached hydrogen (secondary N) is 2. The van der Waals surface area contributed by atoms with Crippen LogP contribution in [-0.2, 0) is 19.6 Å². The zero-order chi connectivity index (χ0) is 22.5. The Bertz CT molecular complexity index is 1030. The molecule has 0 heterocycles. The van der Waals surface area contributed by atoms with E-state index < -0.39 is 15.9 Å². The van der Waals surface area contributed by atoms with Gasteiger partial charge in [0.1, 0.15) is 10.6 Å². The van der Waals surface area contributed by atoms with Gasteiger partial charge in [-0.15, -0.1) is 0 Å². The number of sulfonamides is 1. The van der Waals surface area contributed by atoms with Crippen molar-refractivity contribution in [3.63, 3.8) is 0 Å². The molecular formula is C21H27N3O5S. The van der Waals surface area contributed by atoms with Crippen LogP contribution in [0.15, 0.2) is 47.4 Å². The minimum absolute atomic E-state index is 0.0131. The Morgan fingerprint density at radius 3 is 2.27 bits per heavy atom. The minimum Gasteiger partial charge on any atom is -0.495 e. The number of anilines is 2. The predicted molar refractivity (Wildman–Crippen MR) is 116 cm³/mol. The first-order valence-electron chi connectivity index (χ1n) is 9.36. The number of carbonyl (C=O) groups excluding carboxylic acids is 2. The Morgan fingerprint density at radius 1 is 1.07 bits per heavy atom. The van der Waals surface area contributed by atoms with Crippen molar-refractivity contribution in [2.75, 3.05) is 31.3 Å². The summed E-state index contributed by atoms with van der Waals surface area (Å²) < 4.78 is 32.3. The zero-order valence-electron chi connectivity index (χ0n) is 17.7. The lowest BCUT2D eigenvalue weighted by Crippen LogP contribution is -2.35. The molecule has 0 aliphatic carbocycles. The van der Waals surface area contributed by atoms with E-state index in [1.165, 1.54) is 21.1 Å². The van der Waals surface area contributed by atoms with Gasteiger partial charge in [-0.25, -0.2) is 8.42 Å². The van der Waals surface area contributed by atoms with Crippen molar-refractivity contribution in [2.45, 2.75) is 31.6 Å². The summed E-state index contributed by atoms with van der Waals surface area (Å²) in [6, 6.07) is 11.6. The largest absolute Gasteiger partial charge is 0.495 e. The molecule has 0 saturated heterocycles. The topological polar surface area (TPSA) is 105 Å². The summed E-state index contributed by atoms with van der Waals surface area (Å²) in [5.41, 5.74) is 1.81. The average molecular weight is 434 g/mol. The van der Waals surface area contributed by atoms with Gasteiger partial charge >= 0.3 is 0 Å². The quantitative estimate of drug-likeness (QED) is 0.666. The summed E-state index contributed by atoms with van der Waals surface area (Å²) in [6.45, 7) is 4.92. The van der Waals surface area contributed by atoms with Gasteiger partial charge in [-0.1, -0.05) is 26.0 Å². The summed E-state index contributed by atoms with van der Waals surface area (Å²) in [7, 11) is -1.22. The van der Waals surface area contributed by atoms with Crippen molar-refractivity contribution in [1.29, 1.82) is 0 Å². The fourth-order valence-electron chi connectivity index (χ4n) is 2.79. The number of hydrogen-bond donors (Lipinski definition) is 2. The van der Waals surface area contributed by atoms with Crippen LogP contribution >= 0.6 is 0 Å². The molecule has 0 radical (unpaired) electrons. The van der Waals surface area contributed by atoms with E-state index in [1.54, 1.807) is 36.4 Å². The molecule has 8 nitrogen and oxygen atoms in total. The first-order valence-corrected chi connectivity index (χ1v) is 10.8. The third kappa shape index (κ3) is 5.80. The highest BCUT2D eigenvalue weighted by Gasteiger charge is 2.27. The molecule has 0 saturated carbocycles. The fraction of sp³-hybridized carbons (Fsp3) is 0.333. The standard InChI is InChI=1S/C21H27N3O5S/c1-14(2)16-9-10-19(29-5)20(11-16)30(27,28)24(4)13-21(26)23-18-8-6-7-17(12-18)22-15(3)25/h6-12,14H,13H2,1-5H3,(H,22,25)(H,23,26). The molecule has 0 aliphatic rings. The smallest absolute Gasteiger partial charge is 0.246 e. The van der Waals surface area contributed by atoms with Crippen LogP contribution < -0.4 is 15.4 Å². The maximum atomic E-state index is 13.1. The third-order valence-electron chi connectivity index (χ3n) is 4.38. The van der Waals surface area contributed by atoms with Gasteiger partial charge in [-0.05, 0) is 41.8 Å². The number of carbonyl (C=O) groups is 2. The second-order valence-corrected chi connectivity index (χ2v) is 9.15. The molecule has 2 aromatic carbocycles. The molecule has 162 valence electrons. The first-order chi connectivity index (χ1) is 14.0. The van der Waals surface area contributed by atoms with E-state index in [4.69, 9.17) is 4.74 Å². The molecule has 0 aromatic heterocycles. The highest BCUT2D eigenvalue weighted by Crippen LogP contribution is 2.30. The maximum Gasteiger partial charge on any atom is 0.246 e. The van der Waals surface area contributed by atoms with Crippen molar-refractivity contribution in [3.05, 3.63) is 48.0 Å². The summed E-state index contributed by atoms with van der Waals surface area (Å²) in [4.78, 5) is 23.6. The third-order valence-corrected chi connectivity index (χ3v) is 6.20. The lowest BCUT2D eigenvalue weighted by Gasteiger charge is -2.20. The van der Waals surface area contributed by atoms with Gasteiger partial charge in [-0.3, -0.25) is 9.59 Å². The zero-order valence-corrected chi connectivity index (χ0v) is 18.5. The molecule has 2 aromatic rings. The van der Waals surface area contributed by atoms with Crippen LogP contribution in [0.3, 0.4) is 0 Å². The highest BCUT2D eigenvalue weighted by atomic mass is 32.2. The van der Waals surface area contributed by atoms with Crippen LogP contribution in [0.4, 0.5) is 11.4 Å². The molecule has 0 spiro atoms. The van der Waals surface area contributed by atoms with Crippen LogP contribution in [0.25, 0.3) is 0 Å². The lowest BCUT2D eigenvalue weighted by molar-refractivity contribution is -0.116. The Kier molecular flexibility index (Phi) is 7.58. The molecule has 2 rings (SSSR count). The van der Waals surface area contributed by atoms with Crippen molar-refractivity contribution in [1.82, 2.24) is 4.31 Å². The number of ether oxygens (including phenoxy) is 1. The van der Waals surface area contributed by atoms with Gasteiger partial charge in [0.15, 0.2) is 0 Å². The molecule has 2 amide bonds. The van der Waals surface area contributed by atoms with Gasteiger partial charge in [0.25, 0.3) is 0 Å². The van der Waals surface area contributed by atoms with E-state index in [0.717, 1.165) is 9.87 Å². The molecule has 0 aliphatic heterocycles. The first kappa shape index (κ1) is 23.4. The Labute approximate surface area is 177 Å². The van der Waals surface area contributed by atoms with Crippen molar-refractivity contribution in [2.24, 2.45) is 0 Å². The summed E-state index contributed by atoms with van der Waals surface area (Å²) >= 11 is 0. The number of amides is 2. The number of nitrogens with zero attached hydrogens (tertiary/aromatic N) is 1.